The Morgan fingerprint density at radius 3 is 2.88 bits per heavy atom. The first-order valence-corrected chi connectivity index (χ1v) is 13.8. The molecule has 2 aliphatic carbocycles. The monoisotopic (exact) mass is 488 g/mol. The number of aromatic nitrogens is 1. The van der Waals surface area contributed by atoms with Crippen LogP contribution in [0.5, 0.6) is 0 Å². The predicted octanol–water partition coefficient (Wildman–Crippen LogP) is 4.89. The number of amides is 1. The molecule has 180 valence electrons. The van der Waals surface area contributed by atoms with Crippen molar-refractivity contribution in [2.45, 2.75) is 62.7 Å². The lowest BCUT2D eigenvalue weighted by molar-refractivity contribution is -0.135. The summed E-state index contributed by atoms with van der Waals surface area (Å²) in [4.78, 5) is 20.4. The Labute approximate surface area is 205 Å². The summed E-state index contributed by atoms with van der Waals surface area (Å²) in [6.07, 6.45) is 2.39. The van der Waals surface area contributed by atoms with E-state index in [1.165, 1.54) is 20.5 Å². The smallest absolute Gasteiger partial charge is 0.223 e. The fourth-order valence-electron chi connectivity index (χ4n) is 5.95. The van der Waals surface area contributed by atoms with Gasteiger partial charge in [-0.3, -0.25) is 4.79 Å². The van der Waals surface area contributed by atoms with E-state index < -0.39 is 6.10 Å². The predicted molar refractivity (Wildman–Crippen MR) is 135 cm³/mol. The minimum Gasteiger partial charge on any atom is -0.392 e. The van der Waals surface area contributed by atoms with Gasteiger partial charge in [0, 0.05) is 35.3 Å². The number of ether oxygens (including phenoxy) is 1. The number of nitrogens with zero attached hydrogens (tertiary/aromatic N) is 1. The molecule has 6 atom stereocenters. The number of fused-ring (bicyclic) bond motifs is 2. The average Bonchev–Trinajstić information content (AvgIpc) is 3.20. The van der Waals surface area contributed by atoms with Gasteiger partial charge in [-0.2, -0.15) is 0 Å². The highest BCUT2D eigenvalue weighted by atomic mass is 32.2. The molecule has 2 aliphatic rings. The van der Waals surface area contributed by atoms with Gasteiger partial charge < -0.3 is 15.2 Å². The van der Waals surface area contributed by atoms with Crippen molar-refractivity contribution >= 4 is 29.0 Å². The lowest BCUT2D eigenvalue weighted by atomic mass is 9.53. The van der Waals surface area contributed by atoms with Gasteiger partial charge in [-0.15, -0.1) is 23.1 Å². The molecule has 5 nitrogen and oxygen atoms in total. The van der Waals surface area contributed by atoms with Crippen molar-refractivity contribution in [3.63, 3.8) is 0 Å². The van der Waals surface area contributed by atoms with Crippen molar-refractivity contribution < 1.29 is 14.6 Å². The van der Waals surface area contributed by atoms with Gasteiger partial charge in [0.25, 0.3) is 0 Å². The minimum absolute atomic E-state index is 0.0118. The molecule has 1 heterocycles. The van der Waals surface area contributed by atoms with E-state index in [2.05, 4.69) is 43.4 Å². The molecule has 1 amide bonds. The molecule has 0 bridgehead atoms. The molecule has 33 heavy (non-hydrogen) atoms. The van der Waals surface area contributed by atoms with Crippen molar-refractivity contribution in [3.8, 4) is 0 Å². The van der Waals surface area contributed by atoms with Crippen molar-refractivity contribution in [2.24, 2.45) is 23.2 Å². The Morgan fingerprint density at radius 2 is 2.15 bits per heavy atom. The van der Waals surface area contributed by atoms with E-state index in [1.807, 2.05) is 36.1 Å². The molecule has 1 saturated carbocycles. The first kappa shape index (κ1) is 24.7. The third-order valence-electron chi connectivity index (χ3n) is 7.73. The quantitative estimate of drug-likeness (QED) is 0.409. The zero-order valence-corrected chi connectivity index (χ0v) is 21.7. The van der Waals surface area contributed by atoms with Crippen molar-refractivity contribution in [1.29, 1.82) is 0 Å². The van der Waals surface area contributed by atoms with Crippen LogP contribution in [0.25, 0.3) is 0 Å². The van der Waals surface area contributed by atoms with Gasteiger partial charge >= 0.3 is 0 Å². The van der Waals surface area contributed by atoms with Crippen LogP contribution in [-0.2, 0) is 21.7 Å². The number of hydrogen-bond donors (Lipinski definition) is 2. The molecule has 1 fully saturated rings. The van der Waals surface area contributed by atoms with Gasteiger partial charge in [-0.25, -0.2) is 4.98 Å². The van der Waals surface area contributed by atoms with Crippen LogP contribution in [0, 0.1) is 23.2 Å². The first-order valence-electron chi connectivity index (χ1n) is 11.9. The highest BCUT2D eigenvalue weighted by Crippen LogP contribution is 2.57. The normalized spacial score (nSPS) is 29.7. The molecule has 1 aromatic carbocycles. The summed E-state index contributed by atoms with van der Waals surface area (Å²) in [5.41, 5.74) is 1.22. The summed E-state index contributed by atoms with van der Waals surface area (Å²) in [5.74, 6) is 0.948. The van der Waals surface area contributed by atoms with Crippen LogP contribution < -0.4 is 5.32 Å². The standard InChI is InChI=1S/C26H36N2O3S2/c1-16(25(30)27-12-13-31-4)19-10-11-26(3)14-20-23(17(2)22(26)24(19)29)28-21(33-20)15-32-18-8-6-5-7-9-18/h5-9,16-17,19,22,24,29H,10-15H2,1-4H3,(H,27,30)/t16-,17+,19+,22+,24-,26+/m0/s1. The second-order valence-corrected chi connectivity index (χ2v) is 12.1. The van der Waals surface area contributed by atoms with Crippen LogP contribution in [0.2, 0.25) is 0 Å². The number of hydrogen-bond acceptors (Lipinski definition) is 6. The summed E-state index contributed by atoms with van der Waals surface area (Å²) in [6, 6.07) is 10.5. The fourth-order valence-corrected chi connectivity index (χ4v) is 8.24. The van der Waals surface area contributed by atoms with E-state index in [-0.39, 0.29) is 35.0 Å². The number of aliphatic hydroxyl groups excluding tert-OH is 1. The lowest BCUT2D eigenvalue weighted by Crippen LogP contribution is -2.53. The number of aliphatic hydroxyl groups is 1. The summed E-state index contributed by atoms with van der Waals surface area (Å²) in [5, 5.41) is 15.7. The lowest BCUT2D eigenvalue weighted by Gasteiger charge is -2.53. The molecule has 0 spiro atoms. The van der Waals surface area contributed by atoms with Crippen LogP contribution >= 0.6 is 23.1 Å². The minimum atomic E-state index is -0.501. The summed E-state index contributed by atoms with van der Waals surface area (Å²) >= 11 is 3.67. The van der Waals surface area contributed by atoms with Crippen molar-refractivity contribution in [2.75, 3.05) is 20.3 Å². The van der Waals surface area contributed by atoms with E-state index in [1.54, 1.807) is 7.11 Å². The maximum absolute atomic E-state index is 12.7. The molecule has 0 unspecified atom stereocenters. The van der Waals surface area contributed by atoms with Gasteiger partial charge in [0.05, 0.1) is 24.2 Å². The number of nitrogens with one attached hydrogen (secondary N) is 1. The maximum atomic E-state index is 12.7. The van der Waals surface area contributed by atoms with Gasteiger partial charge in [0.15, 0.2) is 0 Å². The summed E-state index contributed by atoms with van der Waals surface area (Å²) < 4.78 is 5.04. The Morgan fingerprint density at radius 1 is 1.39 bits per heavy atom. The Kier molecular flexibility index (Phi) is 7.83. The number of thioether (sulfide) groups is 1. The SMILES string of the molecule is COCCNC(=O)[C@@H](C)[C@H]1CC[C@]2(C)Cc3sc(CSc4ccccc4)nc3[C@H](C)[C@@H]2[C@H]1O. The van der Waals surface area contributed by atoms with Crippen molar-refractivity contribution in [1.82, 2.24) is 10.3 Å². The zero-order chi connectivity index (χ0) is 23.6. The van der Waals surface area contributed by atoms with Gasteiger partial charge in [-0.1, -0.05) is 39.0 Å². The van der Waals surface area contributed by atoms with Crippen LogP contribution in [0.15, 0.2) is 35.2 Å². The molecule has 1 aromatic heterocycles. The van der Waals surface area contributed by atoms with Crippen LogP contribution in [0.3, 0.4) is 0 Å². The third-order valence-corrected chi connectivity index (χ3v) is 10.0. The highest BCUT2D eigenvalue weighted by molar-refractivity contribution is 7.98. The molecule has 2 aromatic rings. The second kappa shape index (κ2) is 10.5. The van der Waals surface area contributed by atoms with Crippen LogP contribution in [0.1, 0.15) is 55.1 Å². The molecule has 4 rings (SSSR count). The number of methoxy groups -OCH3 is 1. The van der Waals surface area contributed by atoms with Gasteiger partial charge in [0.1, 0.15) is 5.01 Å². The van der Waals surface area contributed by atoms with Gasteiger partial charge in [0.2, 0.25) is 5.91 Å². The second-order valence-electron chi connectivity index (χ2n) is 9.93. The molecular weight excluding hydrogens is 452 g/mol. The summed E-state index contributed by atoms with van der Waals surface area (Å²) in [6.45, 7) is 7.52. The van der Waals surface area contributed by atoms with Gasteiger partial charge in [-0.05, 0) is 48.6 Å². The van der Waals surface area contributed by atoms with Crippen LogP contribution in [0.4, 0.5) is 0 Å². The van der Waals surface area contributed by atoms with Crippen LogP contribution in [-0.4, -0.2) is 42.4 Å². The molecule has 7 heteroatoms. The topological polar surface area (TPSA) is 71.5 Å². The van der Waals surface area contributed by atoms with E-state index in [0.717, 1.165) is 25.0 Å². The molecule has 0 radical (unpaired) electrons. The number of thiazole rings is 1. The zero-order valence-electron chi connectivity index (χ0n) is 20.0. The number of carbonyl (C=O) groups excluding carboxylic acids is 1. The molecule has 2 N–H and O–H groups in total. The molecular formula is C26H36N2O3S2. The van der Waals surface area contributed by atoms with E-state index in [0.29, 0.717) is 13.2 Å². The Balaban J connectivity index is 1.48. The van der Waals surface area contributed by atoms with Crippen molar-refractivity contribution in [3.05, 3.63) is 45.9 Å². The fraction of sp³-hybridized carbons (Fsp3) is 0.615. The van der Waals surface area contributed by atoms with E-state index in [9.17, 15) is 9.90 Å². The van der Waals surface area contributed by atoms with E-state index in [4.69, 9.17) is 9.72 Å². The number of benzene rings is 1. The van der Waals surface area contributed by atoms with E-state index >= 15 is 0 Å². The largest absolute Gasteiger partial charge is 0.392 e. The maximum Gasteiger partial charge on any atom is 0.223 e. The Hall–Kier alpha value is -1.41. The number of rotatable bonds is 8. The summed E-state index contributed by atoms with van der Waals surface area (Å²) in [7, 11) is 1.63. The third kappa shape index (κ3) is 5.16. The molecule has 0 aliphatic heterocycles. The first-order chi connectivity index (χ1) is 15.8. The molecule has 0 saturated heterocycles. The number of carbonyl (C=O) groups is 1. The average molecular weight is 489 g/mol. The Bertz CT molecular complexity index is 950. The highest BCUT2D eigenvalue weighted by Gasteiger charge is 2.53.